The van der Waals surface area contributed by atoms with Crippen LogP contribution in [-0.4, -0.2) is 24.0 Å². The molecule has 0 saturated heterocycles. The summed E-state index contributed by atoms with van der Waals surface area (Å²) in [6, 6.07) is 7.46. The zero-order valence-electron chi connectivity index (χ0n) is 10.0. The van der Waals surface area contributed by atoms with Gasteiger partial charge in [-0.3, -0.25) is 9.08 Å². The molecular formula is C12H13N5O. The lowest BCUT2D eigenvalue weighted by Crippen LogP contribution is -2.22. The van der Waals surface area contributed by atoms with Crippen LogP contribution in [0.4, 0.5) is 0 Å². The fraction of sp³-hybridized carbons (Fsp3) is 0.250. The molecule has 0 aliphatic carbocycles. The van der Waals surface area contributed by atoms with Gasteiger partial charge in [0.15, 0.2) is 5.65 Å². The standard InChI is InChI=1S/C12H13N5O/c1-15-10(5-7-13-15)6-9-17-12(18)16-8-3-2-4-11(16)14-17/h2-5,7-8H,6,9H2,1H3. The molecule has 0 fully saturated rings. The van der Waals surface area contributed by atoms with Crippen LogP contribution in [0.5, 0.6) is 0 Å². The summed E-state index contributed by atoms with van der Waals surface area (Å²) in [6.07, 6.45) is 4.22. The van der Waals surface area contributed by atoms with Crippen LogP contribution in [0.15, 0.2) is 41.5 Å². The van der Waals surface area contributed by atoms with Crippen LogP contribution in [0, 0.1) is 0 Å². The molecule has 3 rings (SSSR count). The topological polar surface area (TPSA) is 57.1 Å². The molecule has 0 spiro atoms. The van der Waals surface area contributed by atoms with Gasteiger partial charge in [-0.1, -0.05) is 6.07 Å². The Morgan fingerprint density at radius 3 is 2.89 bits per heavy atom. The van der Waals surface area contributed by atoms with Crippen molar-refractivity contribution < 1.29 is 0 Å². The van der Waals surface area contributed by atoms with Crippen molar-refractivity contribution in [1.29, 1.82) is 0 Å². The van der Waals surface area contributed by atoms with E-state index in [1.54, 1.807) is 21.5 Å². The van der Waals surface area contributed by atoms with Crippen LogP contribution >= 0.6 is 0 Å². The fourth-order valence-electron chi connectivity index (χ4n) is 1.98. The number of fused-ring (bicyclic) bond motifs is 1. The second kappa shape index (κ2) is 4.14. The Balaban J connectivity index is 1.89. The number of hydrogen-bond donors (Lipinski definition) is 0. The molecule has 0 aliphatic rings. The van der Waals surface area contributed by atoms with Gasteiger partial charge in [0, 0.05) is 31.6 Å². The Kier molecular flexibility index (Phi) is 2.47. The van der Waals surface area contributed by atoms with E-state index in [0.717, 1.165) is 12.1 Å². The van der Waals surface area contributed by atoms with Crippen LogP contribution in [0.3, 0.4) is 0 Å². The molecule has 0 amide bonds. The summed E-state index contributed by atoms with van der Waals surface area (Å²) in [4.78, 5) is 12.0. The lowest BCUT2D eigenvalue weighted by molar-refractivity contribution is 0.569. The third kappa shape index (κ3) is 1.71. The minimum absolute atomic E-state index is 0.104. The quantitative estimate of drug-likeness (QED) is 0.672. The molecule has 0 atom stereocenters. The number of nitrogens with zero attached hydrogens (tertiary/aromatic N) is 5. The number of hydrogen-bond acceptors (Lipinski definition) is 3. The molecule has 0 radical (unpaired) electrons. The molecule has 6 heteroatoms. The number of aromatic nitrogens is 5. The predicted octanol–water partition coefficient (Wildman–Crippen LogP) is 0.472. The molecule has 0 saturated carbocycles. The highest BCUT2D eigenvalue weighted by molar-refractivity contribution is 5.35. The number of aryl methyl sites for hydroxylation is 3. The largest absolute Gasteiger partial charge is 0.350 e. The first-order valence-electron chi connectivity index (χ1n) is 5.77. The van der Waals surface area contributed by atoms with E-state index in [0.29, 0.717) is 12.2 Å². The molecule has 0 unspecified atom stereocenters. The maximum atomic E-state index is 12.0. The summed E-state index contributed by atoms with van der Waals surface area (Å²) < 4.78 is 4.84. The van der Waals surface area contributed by atoms with Gasteiger partial charge >= 0.3 is 5.69 Å². The highest BCUT2D eigenvalue weighted by Crippen LogP contribution is 2.00. The van der Waals surface area contributed by atoms with E-state index in [2.05, 4.69) is 10.2 Å². The summed E-state index contributed by atoms with van der Waals surface area (Å²) in [5.41, 5.74) is 1.65. The van der Waals surface area contributed by atoms with Gasteiger partial charge in [-0.15, -0.1) is 5.10 Å². The third-order valence-electron chi connectivity index (χ3n) is 2.99. The lowest BCUT2D eigenvalue weighted by atomic mass is 10.3. The third-order valence-corrected chi connectivity index (χ3v) is 2.99. The van der Waals surface area contributed by atoms with Crippen molar-refractivity contribution in [3.8, 4) is 0 Å². The average Bonchev–Trinajstić information content (AvgIpc) is 2.92. The Morgan fingerprint density at radius 1 is 1.28 bits per heavy atom. The number of pyridine rings is 1. The lowest BCUT2D eigenvalue weighted by Gasteiger charge is -2.00. The molecular weight excluding hydrogens is 230 g/mol. The van der Waals surface area contributed by atoms with Crippen LogP contribution in [0.2, 0.25) is 0 Å². The second-order valence-corrected chi connectivity index (χ2v) is 4.13. The highest BCUT2D eigenvalue weighted by Gasteiger charge is 2.06. The van der Waals surface area contributed by atoms with E-state index in [9.17, 15) is 4.79 Å². The molecule has 0 bridgehead atoms. The molecule has 6 nitrogen and oxygen atoms in total. The Hall–Kier alpha value is -2.37. The van der Waals surface area contributed by atoms with Gasteiger partial charge in [0.2, 0.25) is 0 Å². The average molecular weight is 243 g/mol. The van der Waals surface area contributed by atoms with Crippen molar-refractivity contribution in [2.45, 2.75) is 13.0 Å². The van der Waals surface area contributed by atoms with E-state index >= 15 is 0 Å². The van der Waals surface area contributed by atoms with Gasteiger partial charge in [0.25, 0.3) is 0 Å². The van der Waals surface area contributed by atoms with Crippen LogP contribution < -0.4 is 5.69 Å². The number of rotatable bonds is 3. The van der Waals surface area contributed by atoms with Crippen molar-refractivity contribution in [3.63, 3.8) is 0 Å². The van der Waals surface area contributed by atoms with Crippen LogP contribution in [-0.2, 0) is 20.0 Å². The molecule has 3 aromatic heterocycles. The van der Waals surface area contributed by atoms with Crippen LogP contribution in [0.1, 0.15) is 5.69 Å². The van der Waals surface area contributed by atoms with Gasteiger partial charge in [0.1, 0.15) is 0 Å². The zero-order valence-corrected chi connectivity index (χ0v) is 10.0. The van der Waals surface area contributed by atoms with E-state index in [-0.39, 0.29) is 5.69 Å². The van der Waals surface area contributed by atoms with E-state index in [1.807, 2.05) is 31.3 Å². The van der Waals surface area contributed by atoms with Gasteiger partial charge in [0.05, 0.1) is 6.54 Å². The monoisotopic (exact) mass is 243 g/mol. The molecule has 0 N–H and O–H groups in total. The maximum Gasteiger partial charge on any atom is 0.350 e. The summed E-state index contributed by atoms with van der Waals surface area (Å²) in [5, 5.41) is 8.38. The molecule has 3 aromatic rings. The first kappa shape index (κ1) is 10.8. The molecule has 0 aliphatic heterocycles. The van der Waals surface area contributed by atoms with Crippen molar-refractivity contribution in [1.82, 2.24) is 24.0 Å². The zero-order chi connectivity index (χ0) is 12.5. The summed E-state index contributed by atoms with van der Waals surface area (Å²) in [7, 11) is 1.89. The fourth-order valence-corrected chi connectivity index (χ4v) is 1.98. The molecule has 0 aromatic carbocycles. The molecule has 3 heterocycles. The summed E-state index contributed by atoms with van der Waals surface area (Å²) in [6.45, 7) is 0.556. The predicted molar refractivity (Wildman–Crippen MR) is 66.4 cm³/mol. The Morgan fingerprint density at radius 2 is 2.17 bits per heavy atom. The van der Waals surface area contributed by atoms with Crippen LogP contribution in [0.25, 0.3) is 5.65 Å². The smallest absolute Gasteiger partial charge is 0.273 e. The van der Waals surface area contributed by atoms with E-state index in [1.165, 1.54) is 4.68 Å². The molecule has 92 valence electrons. The SMILES string of the molecule is Cn1nccc1CCn1nc2ccccn2c1=O. The van der Waals surface area contributed by atoms with Gasteiger partial charge < -0.3 is 0 Å². The van der Waals surface area contributed by atoms with Crippen molar-refractivity contribution in [2.75, 3.05) is 0 Å². The molecule has 18 heavy (non-hydrogen) atoms. The van der Waals surface area contributed by atoms with E-state index in [4.69, 9.17) is 0 Å². The van der Waals surface area contributed by atoms with E-state index < -0.39 is 0 Å². The van der Waals surface area contributed by atoms with Gasteiger partial charge in [-0.05, 0) is 18.2 Å². The van der Waals surface area contributed by atoms with Crippen molar-refractivity contribution in [2.24, 2.45) is 7.05 Å². The Labute approximate surface area is 103 Å². The highest BCUT2D eigenvalue weighted by atomic mass is 16.2. The van der Waals surface area contributed by atoms with Gasteiger partial charge in [-0.25, -0.2) is 9.48 Å². The minimum atomic E-state index is -0.104. The normalized spacial score (nSPS) is 11.2. The summed E-state index contributed by atoms with van der Waals surface area (Å²) >= 11 is 0. The first-order chi connectivity index (χ1) is 8.75. The van der Waals surface area contributed by atoms with Gasteiger partial charge in [-0.2, -0.15) is 5.10 Å². The van der Waals surface area contributed by atoms with Crippen molar-refractivity contribution in [3.05, 3.63) is 52.8 Å². The summed E-state index contributed by atoms with van der Waals surface area (Å²) in [5.74, 6) is 0. The first-order valence-corrected chi connectivity index (χ1v) is 5.77. The van der Waals surface area contributed by atoms with Crippen molar-refractivity contribution >= 4 is 5.65 Å². The second-order valence-electron chi connectivity index (χ2n) is 4.13. The minimum Gasteiger partial charge on any atom is -0.273 e. The Bertz CT molecular complexity index is 736. The maximum absolute atomic E-state index is 12.0.